The van der Waals surface area contributed by atoms with Gasteiger partial charge in [-0.15, -0.1) is 0 Å². The number of rotatable bonds is 23. The van der Waals surface area contributed by atoms with Crippen LogP contribution in [0.2, 0.25) is 0 Å². The van der Waals surface area contributed by atoms with Crippen molar-refractivity contribution in [2.24, 2.45) is 11.8 Å². The van der Waals surface area contributed by atoms with E-state index in [2.05, 4.69) is 6.92 Å². The van der Waals surface area contributed by atoms with Crippen LogP contribution in [-0.4, -0.2) is 23.7 Å². The molecule has 1 N–H and O–H groups in total. The Morgan fingerprint density at radius 3 is 1.35 bits per heavy atom. The number of hydrogen-bond donors (Lipinski definition) is 1. The number of hydrogen-bond acceptors (Lipinski definition) is 3. The van der Waals surface area contributed by atoms with Gasteiger partial charge in [0, 0.05) is 0 Å². The van der Waals surface area contributed by atoms with Gasteiger partial charge in [0.25, 0.3) is 0 Å². The maximum atomic E-state index is 12.2. The summed E-state index contributed by atoms with van der Waals surface area (Å²) in [5.41, 5.74) is 0. The first kappa shape index (κ1) is 30.7. The van der Waals surface area contributed by atoms with Crippen LogP contribution in [0.4, 0.5) is 0 Å². The Morgan fingerprint density at radius 2 is 0.971 bits per heavy atom. The zero-order valence-corrected chi connectivity index (χ0v) is 22.2. The lowest BCUT2D eigenvalue weighted by Crippen LogP contribution is -2.32. The number of carbonyl (C=O) groups is 2. The lowest BCUT2D eigenvalue weighted by Gasteiger charge is -2.23. The van der Waals surface area contributed by atoms with Crippen molar-refractivity contribution in [1.82, 2.24) is 0 Å². The molecule has 0 aromatic rings. The summed E-state index contributed by atoms with van der Waals surface area (Å²) in [5, 5.41) is 9.26. The predicted octanol–water partition coefficient (Wildman–Crippen LogP) is 9.02. The molecule has 0 radical (unpaired) electrons. The molecule has 2 atom stereocenters. The van der Waals surface area contributed by atoms with Gasteiger partial charge in [0.15, 0.2) is 0 Å². The van der Waals surface area contributed by atoms with Gasteiger partial charge in [0.05, 0.1) is 18.4 Å². The summed E-state index contributed by atoms with van der Waals surface area (Å²) in [6.45, 7) is 2.70. The number of carbonyl (C=O) groups excluding carboxylic acids is 1. The van der Waals surface area contributed by atoms with Crippen molar-refractivity contribution in [3.63, 3.8) is 0 Å². The van der Waals surface area contributed by atoms with Crippen molar-refractivity contribution in [3.05, 3.63) is 12.2 Å². The van der Waals surface area contributed by atoms with E-state index < -0.39 is 17.8 Å². The zero-order valence-electron chi connectivity index (χ0n) is 22.2. The van der Waals surface area contributed by atoms with Crippen LogP contribution >= 0.6 is 0 Å². The Bertz CT molecular complexity index is 528. The Kier molecular flexibility index (Phi) is 20.0. The summed E-state index contributed by atoms with van der Waals surface area (Å²) in [5.74, 6) is -2.39. The molecule has 0 amide bonds. The number of allylic oxidation sites excluding steroid dienone is 2. The predicted molar refractivity (Wildman–Crippen MR) is 142 cm³/mol. The van der Waals surface area contributed by atoms with Crippen LogP contribution in [0.25, 0.3) is 0 Å². The smallest absolute Gasteiger partial charge is 0.310 e. The highest BCUT2D eigenvalue weighted by molar-refractivity contribution is 5.81. The molecular weight excluding hydrogens is 424 g/mol. The van der Waals surface area contributed by atoms with Crippen LogP contribution in [-0.2, 0) is 14.3 Å². The summed E-state index contributed by atoms with van der Waals surface area (Å²) >= 11 is 0. The molecular formula is C30H54O4. The van der Waals surface area contributed by atoms with Gasteiger partial charge < -0.3 is 9.84 Å². The molecule has 0 saturated heterocycles. The molecule has 0 aromatic carbocycles. The van der Waals surface area contributed by atoms with E-state index in [9.17, 15) is 14.7 Å². The van der Waals surface area contributed by atoms with Crippen LogP contribution in [0.15, 0.2) is 12.2 Å². The minimum atomic E-state index is -0.898. The minimum absolute atomic E-state index is 0.338. The summed E-state index contributed by atoms with van der Waals surface area (Å²) in [7, 11) is 0. The van der Waals surface area contributed by atoms with Crippen molar-refractivity contribution in [2.75, 3.05) is 6.61 Å². The Hall–Kier alpha value is -1.32. The van der Waals surface area contributed by atoms with Gasteiger partial charge in [0.2, 0.25) is 0 Å². The van der Waals surface area contributed by atoms with E-state index in [-0.39, 0.29) is 5.97 Å². The van der Waals surface area contributed by atoms with Gasteiger partial charge in [-0.2, -0.15) is 0 Å². The van der Waals surface area contributed by atoms with E-state index in [0.29, 0.717) is 19.4 Å². The molecule has 0 fully saturated rings. The van der Waals surface area contributed by atoms with Crippen molar-refractivity contribution >= 4 is 11.9 Å². The molecule has 0 saturated carbocycles. The number of aliphatic carboxylic acids is 1. The molecule has 4 heteroatoms. The average Bonchev–Trinajstić information content (AvgIpc) is 2.84. The lowest BCUT2D eigenvalue weighted by molar-refractivity contribution is -0.158. The second-order valence-corrected chi connectivity index (χ2v) is 10.4. The fourth-order valence-electron chi connectivity index (χ4n) is 4.98. The average molecular weight is 479 g/mol. The van der Waals surface area contributed by atoms with Crippen LogP contribution in [0.1, 0.15) is 148 Å². The SMILES string of the molecule is CCCCCCCCCCCCCCCCCCCCCCOC(=O)C1CC=CCC1C(=O)O. The van der Waals surface area contributed by atoms with Gasteiger partial charge >= 0.3 is 11.9 Å². The van der Waals surface area contributed by atoms with E-state index in [1.807, 2.05) is 12.2 Å². The van der Waals surface area contributed by atoms with Gasteiger partial charge in [-0.25, -0.2) is 0 Å². The Labute approximate surface area is 210 Å². The normalized spacial score (nSPS) is 17.7. The minimum Gasteiger partial charge on any atom is -0.481 e. The quantitative estimate of drug-likeness (QED) is 0.0903. The zero-order chi connectivity index (χ0) is 24.7. The third-order valence-electron chi connectivity index (χ3n) is 7.29. The number of ether oxygens (including phenoxy) is 1. The summed E-state index contributed by atoms with van der Waals surface area (Å²) in [6.07, 6.45) is 31.6. The second-order valence-electron chi connectivity index (χ2n) is 10.4. The van der Waals surface area contributed by atoms with Crippen LogP contribution in [0.5, 0.6) is 0 Å². The van der Waals surface area contributed by atoms with E-state index in [0.717, 1.165) is 12.8 Å². The third kappa shape index (κ3) is 16.3. The highest BCUT2D eigenvalue weighted by Gasteiger charge is 2.34. The summed E-state index contributed by atoms with van der Waals surface area (Å²) in [6, 6.07) is 0. The molecule has 0 aliphatic heterocycles. The summed E-state index contributed by atoms with van der Waals surface area (Å²) in [4.78, 5) is 23.5. The molecule has 34 heavy (non-hydrogen) atoms. The highest BCUT2D eigenvalue weighted by atomic mass is 16.5. The molecule has 0 bridgehead atoms. The highest BCUT2D eigenvalue weighted by Crippen LogP contribution is 2.27. The maximum Gasteiger partial charge on any atom is 0.310 e. The van der Waals surface area contributed by atoms with E-state index in [1.54, 1.807) is 0 Å². The molecule has 198 valence electrons. The fourth-order valence-corrected chi connectivity index (χ4v) is 4.98. The molecule has 0 heterocycles. The first-order valence-electron chi connectivity index (χ1n) is 14.7. The number of unbranched alkanes of at least 4 members (excludes halogenated alkanes) is 19. The van der Waals surface area contributed by atoms with Gasteiger partial charge in [0.1, 0.15) is 0 Å². The molecule has 1 rings (SSSR count). The number of carboxylic acids is 1. The Balaban J connectivity index is 1.78. The molecule has 1 aliphatic rings. The van der Waals surface area contributed by atoms with E-state index in [4.69, 9.17) is 4.74 Å². The van der Waals surface area contributed by atoms with Crippen molar-refractivity contribution < 1.29 is 19.4 Å². The first-order valence-corrected chi connectivity index (χ1v) is 14.7. The van der Waals surface area contributed by atoms with E-state index in [1.165, 1.54) is 116 Å². The molecule has 0 spiro atoms. The first-order chi connectivity index (χ1) is 16.7. The van der Waals surface area contributed by atoms with Crippen molar-refractivity contribution in [3.8, 4) is 0 Å². The van der Waals surface area contributed by atoms with Crippen molar-refractivity contribution in [2.45, 2.75) is 148 Å². The monoisotopic (exact) mass is 478 g/mol. The fraction of sp³-hybridized carbons (Fsp3) is 0.867. The standard InChI is InChI=1S/C30H54O4/c1-2-3-4-5-6-7-8-9-10-11-12-13-14-15-16-17-18-19-20-23-26-34-30(33)28-25-22-21-24-27(28)29(31)32/h21-22,27-28H,2-20,23-26H2,1H3,(H,31,32). The molecule has 4 nitrogen and oxygen atoms in total. The largest absolute Gasteiger partial charge is 0.481 e. The maximum absolute atomic E-state index is 12.2. The third-order valence-corrected chi connectivity index (χ3v) is 7.29. The number of carboxylic acid groups (broad SMARTS) is 1. The van der Waals surface area contributed by atoms with E-state index >= 15 is 0 Å². The topological polar surface area (TPSA) is 63.6 Å². The van der Waals surface area contributed by atoms with Crippen LogP contribution < -0.4 is 0 Å². The molecule has 1 aliphatic carbocycles. The second kappa shape index (κ2) is 22.2. The van der Waals surface area contributed by atoms with Crippen LogP contribution in [0, 0.1) is 11.8 Å². The number of esters is 1. The molecule has 0 aromatic heterocycles. The van der Waals surface area contributed by atoms with Gasteiger partial charge in [-0.05, 0) is 19.3 Å². The lowest BCUT2D eigenvalue weighted by atomic mass is 9.83. The van der Waals surface area contributed by atoms with Crippen LogP contribution in [0.3, 0.4) is 0 Å². The Morgan fingerprint density at radius 1 is 0.618 bits per heavy atom. The molecule has 2 unspecified atom stereocenters. The summed E-state index contributed by atoms with van der Waals surface area (Å²) < 4.78 is 5.36. The van der Waals surface area contributed by atoms with Crippen molar-refractivity contribution in [1.29, 1.82) is 0 Å². The van der Waals surface area contributed by atoms with Gasteiger partial charge in [-0.3, -0.25) is 9.59 Å². The van der Waals surface area contributed by atoms with Gasteiger partial charge in [-0.1, -0.05) is 141 Å².